The molecular weight excluding hydrogens is 222 g/mol. The number of alkyl halides is 2. The number of Topliss-reactive ketones (excluding diaryl/α,β-unsaturated/α-hetero) is 1. The molecule has 0 aliphatic heterocycles. The van der Waals surface area contributed by atoms with E-state index in [0.29, 0.717) is 0 Å². The van der Waals surface area contributed by atoms with Gasteiger partial charge in [-0.15, -0.1) is 0 Å². The van der Waals surface area contributed by atoms with Gasteiger partial charge in [-0.05, 0) is 13.0 Å². The molecule has 5 nitrogen and oxygen atoms in total. The number of nitro groups is 1. The molecule has 0 fully saturated rings. The Morgan fingerprint density at radius 1 is 1.50 bits per heavy atom. The van der Waals surface area contributed by atoms with Crippen molar-refractivity contribution in [2.45, 2.75) is 13.3 Å². The lowest BCUT2D eigenvalue weighted by Crippen LogP contribution is -2.04. The monoisotopic (exact) mass is 230 g/mol. The molecule has 16 heavy (non-hydrogen) atoms. The van der Waals surface area contributed by atoms with Gasteiger partial charge in [0.1, 0.15) is 0 Å². The second kappa shape index (κ2) is 4.21. The molecule has 0 aromatic heterocycles. The van der Waals surface area contributed by atoms with Crippen LogP contribution in [-0.2, 0) is 0 Å². The van der Waals surface area contributed by atoms with Crippen LogP contribution in [0.25, 0.3) is 0 Å². The third-order valence-electron chi connectivity index (χ3n) is 2.01. The Labute approximate surface area is 89.0 Å². The summed E-state index contributed by atoms with van der Waals surface area (Å²) < 4.78 is 25.0. The van der Waals surface area contributed by atoms with E-state index in [9.17, 15) is 23.7 Å². The molecule has 0 radical (unpaired) electrons. The van der Waals surface area contributed by atoms with E-state index in [0.717, 1.165) is 19.1 Å². The molecular formula is C9H8F2N2O3. The molecule has 0 amide bonds. The van der Waals surface area contributed by atoms with Crippen molar-refractivity contribution < 1.29 is 18.5 Å². The molecule has 0 heterocycles. The van der Waals surface area contributed by atoms with E-state index in [-0.39, 0.29) is 11.3 Å². The van der Waals surface area contributed by atoms with E-state index in [4.69, 9.17) is 5.73 Å². The van der Waals surface area contributed by atoms with Gasteiger partial charge in [0.25, 0.3) is 12.1 Å². The van der Waals surface area contributed by atoms with Crippen molar-refractivity contribution in [2.75, 3.05) is 5.73 Å². The Morgan fingerprint density at radius 2 is 2.06 bits per heavy atom. The van der Waals surface area contributed by atoms with Gasteiger partial charge in [0.15, 0.2) is 5.78 Å². The standard InChI is InChI=1S/C9H8F2N2O3/c1-4(14)5-2-6(9(10)11)8(13(15)16)3-7(5)12/h2-3,9H,12H2,1H3. The van der Waals surface area contributed by atoms with Gasteiger partial charge in [-0.2, -0.15) is 0 Å². The first-order valence-corrected chi connectivity index (χ1v) is 4.21. The van der Waals surface area contributed by atoms with Crippen LogP contribution in [0.15, 0.2) is 12.1 Å². The molecule has 0 aliphatic carbocycles. The smallest absolute Gasteiger partial charge is 0.280 e. The number of rotatable bonds is 3. The number of nitro benzene ring substituents is 1. The normalized spacial score (nSPS) is 10.5. The Kier molecular flexibility index (Phi) is 3.17. The summed E-state index contributed by atoms with van der Waals surface area (Å²) in [6.45, 7) is 1.15. The maximum absolute atomic E-state index is 12.5. The molecule has 0 atom stereocenters. The van der Waals surface area contributed by atoms with E-state index in [1.807, 2.05) is 0 Å². The van der Waals surface area contributed by atoms with Crippen LogP contribution in [0.1, 0.15) is 29.3 Å². The van der Waals surface area contributed by atoms with Crippen molar-refractivity contribution in [3.8, 4) is 0 Å². The number of ketones is 1. The summed E-state index contributed by atoms with van der Waals surface area (Å²) in [6, 6.07) is 1.54. The molecule has 1 aromatic rings. The van der Waals surface area contributed by atoms with E-state index < -0.39 is 28.4 Å². The molecule has 2 N–H and O–H groups in total. The van der Waals surface area contributed by atoms with Crippen molar-refractivity contribution in [2.24, 2.45) is 0 Å². The minimum atomic E-state index is -3.03. The van der Waals surface area contributed by atoms with Crippen molar-refractivity contribution in [3.05, 3.63) is 33.4 Å². The van der Waals surface area contributed by atoms with Crippen LogP contribution in [0.2, 0.25) is 0 Å². The molecule has 0 aliphatic rings. The Bertz CT molecular complexity index is 460. The zero-order valence-corrected chi connectivity index (χ0v) is 8.24. The van der Waals surface area contributed by atoms with Gasteiger partial charge in [-0.25, -0.2) is 8.78 Å². The van der Waals surface area contributed by atoms with E-state index in [1.54, 1.807) is 0 Å². The molecule has 0 saturated heterocycles. The SMILES string of the molecule is CC(=O)c1cc(C(F)F)c([N+](=O)[O-])cc1N. The molecule has 1 aromatic carbocycles. The maximum atomic E-state index is 12.5. The van der Waals surface area contributed by atoms with Crippen LogP contribution in [0.4, 0.5) is 20.2 Å². The summed E-state index contributed by atoms with van der Waals surface area (Å²) in [7, 11) is 0. The lowest BCUT2D eigenvalue weighted by Gasteiger charge is -2.06. The molecule has 0 spiro atoms. The number of hydrogen-bond acceptors (Lipinski definition) is 4. The second-order valence-electron chi connectivity index (χ2n) is 3.11. The van der Waals surface area contributed by atoms with Crippen molar-refractivity contribution in [1.29, 1.82) is 0 Å². The topological polar surface area (TPSA) is 86.2 Å². The lowest BCUT2D eigenvalue weighted by molar-refractivity contribution is -0.386. The minimum Gasteiger partial charge on any atom is -0.398 e. The molecule has 0 unspecified atom stereocenters. The number of nitrogens with zero attached hydrogens (tertiary/aromatic N) is 1. The third-order valence-corrected chi connectivity index (χ3v) is 2.01. The highest BCUT2D eigenvalue weighted by Crippen LogP contribution is 2.32. The van der Waals surface area contributed by atoms with Gasteiger partial charge >= 0.3 is 0 Å². The van der Waals surface area contributed by atoms with Crippen LogP contribution in [-0.4, -0.2) is 10.7 Å². The highest BCUT2D eigenvalue weighted by atomic mass is 19.3. The van der Waals surface area contributed by atoms with Crippen LogP contribution in [0.3, 0.4) is 0 Å². The zero-order valence-electron chi connectivity index (χ0n) is 8.24. The molecule has 86 valence electrons. The Morgan fingerprint density at radius 3 is 2.44 bits per heavy atom. The summed E-state index contributed by atoms with van der Waals surface area (Å²) in [4.78, 5) is 20.6. The first-order chi connectivity index (χ1) is 7.34. The van der Waals surface area contributed by atoms with Crippen LogP contribution in [0.5, 0.6) is 0 Å². The van der Waals surface area contributed by atoms with Crippen molar-refractivity contribution in [1.82, 2.24) is 0 Å². The lowest BCUT2D eigenvalue weighted by atomic mass is 10.0. The minimum absolute atomic E-state index is 0.138. The fraction of sp³-hybridized carbons (Fsp3) is 0.222. The summed E-state index contributed by atoms with van der Waals surface area (Å²) in [5, 5.41) is 10.5. The number of nitrogen functional groups attached to an aromatic ring is 1. The van der Waals surface area contributed by atoms with Gasteiger partial charge in [0.2, 0.25) is 0 Å². The van der Waals surface area contributed by atoms with Gasteiger partial charge in [0.05, 0.1) is 10.5 Å². The molecule has 7 heteroatoms. The summed E-state index contributed by atoms with van der Waals surface area (Å²) >= 11 is 0. The fourth-order valence-corrected chi connectivity index (χ4v) is 1.26. The molecule has 0 saturated carbocycles. The first kappa shape index (κ1) is 12.0. The number of hydrogen-bond donors (Lipinski definition) is 1. The fourth-order valence-electron chi connectivity index (χ4n) is 1.26. The predicted octanol–water partition coefficient (Wildman–Crippen LogP) is 2.32. The van der Waals surface area contributed by atoms with Gasteiger partial charge < -0.3 is 5.73 Å². The van der Waals surface area contributed by atoms with Gasteiger partial charge in [-0.3, -0.25) is 14.9 Å². The number of nitrogens with two attached hydrogens (primary N) is 1. The largest absolute Gasteiger partial charge is 0.398 e. The number of carbonyl (C=O) groups is 1. The highest BCUT2D eigenvalue weighted by Gasteiger charge is 2.24. The van der Waals surface area contributed by atoms with Gasteiger partial charge in [-0.1, -0.05) is 0 Å². The number of halogens is 2. The van der Waals surface area contributed by atoms with Crippen LogP contribution < -0.4 is 5.73 Å². The summed E-state index contributed by atoms with van der Waals surface area (Å²) in [5.41, 5.74) is 3.46. The van der Waals surface area contributed by atoms with Crippen LogP contribution >= 0.6 is 0 Å². The average molecular weight is 230 g/mol. The van der Waals surface area contributed by atoms with Crippen molar-refractivity contribution in [3.63, 3.8) is 0 Å². The van der Waals surface area contributed by atoms with Gasteiger partial charge in [0, 0.05) is 17.3 Å². The number of benzene rings is 1. The zero-order chi connectivity index (χ0) is 12.5. The maximum Gasteiger partial charge on any atom is 0.280 e. The third kappa shape index (κ3) is 2.13. The van der Waals surface area contributed by atoms with Crippen LogP contribution in [0, 0.1) is 10.1 Å². The number of anilines is 1. The quantitative estimate of drug-likeness (QED) is 0.373. The first-order valence-electron chi connectivity index (χ1n) is 4.21. The van der Waals surface area contributed by atoms with E-state index in [1.165, 1.54) is 0 Å². The van der Waals surface area contributed by atoms with E-state index >= 15 is 0 Å². The highest BCUT2D eigenvalue weighted by molar-refractivity contribution is 5.99. The predicted molar refractivity (Wildman–Crippen MR) is 52.5 cm³/mol. The second-order valence-corrected chi connectivity index (χ2v) is 3.11. The Hall–Kier alpha value is -2.05. The summed E-state index contributed by atoms with van der Waals surface area (Å²) in [5.74, 6) is -0.519. The summed E-state index contributed by atoms with van der Waals surface area (Å²) in [6.07, 6.45) is -3.03. The van der Waals surface area contributed by atoms with E-state index in [2.05, 4.69) is 0 Å². The van der Waals surface area contributed by atoms with Crippen molar-refractivity contribution >= 4 is 17.2 Å². The molecule has 1 rings (SSSR count). The Balaban J connectivity index is 3.49. The average Bonchev–Trinajstić information content (AvgIpc) is 2.15. The molecule has 0 bridgehead atoms. The number of carbonyl (C=O) groups excluding carboxylic acids is 1.